The first-order chi connectivity index (χ1) is 12.7. The van der Waals surface area contributed by atoms with Crippen LogP contribution in [0.15, 0.2) is 66.7 Å². The van der Waals surface area contributed by atoms with Gasteiger partial charge in [-0.05, 0) is 53.8 Å². The average Bonchev–Trinajstić information content (AvgIpc) is 2.68. The Kier molecular flexibility index (Phi) is 5.75. The molecule has 0 atom stereocenters. The summed E-state index contributed by atoms with van der Waals surface area (Å²) in [5.74, 6) is 1.49. The largest absolute Gasteiger partial charge is 0.493 e. The van der Waals surface area contributed by atoms with Gasteiger partial charge in [0.1, 0.15) is 6.61 Å². The number of rotatable bonds is 6. The second kappa shape index (κ2) is 8.39. The molecule has 0 spiro atoms. The van der Waals surface area contributed by atoms with Gasteiger partial charge in [0.25, 0.3) is 0 Å². The van der Waals surface area contributed by atoms with Gasteiger partial charge < -0.3 is 9.47 Å². The summed E-state index contributed by atoms with van der Waals surface area (Å²) >= 11 is 0. The van der Waals surface area contributed by atoms with Crippen LogP contribution in [0.1, 0.15) is 27.8 Å². The van der Waals surface area contributed by atoms with Gasteiger partial charge in [-0.2, -0.15) is 0 Å². The van der Waals surface area contributed by atoms with E-state index in [9.17, 15) is 0 Å². The molecule has 0 bridgehead atoms. The van der Waals surface area contributed by atoms with Gasteiger partial charge in [0, 0.05) is 0 Å². The molecule has 26 heavy (non-hydrogen) atoms. The molecule has 3 rings (SSSR count). The Morgan fingerprint density at radius 1 is 0.731 bits per heavy atom. The molecule has 0 aliphatic heterocycles. The Morgan fingerprint density at radius 2 is 1.42 bits per heavy atom. The quantitative estimate of drug-likeness (QED) is 0.506. The van der Waals surface area contributed by atoms with Crippen molar-refractivity contribution in [3.63, 3.8) is 0 Å². The summed E-state index contributed by atoms with van der Waals surface area (Å²) in [7, 11) is 1.67. The number of benzene rings is 3. The highest BCUT2D eigenvalue weighted by atomic mass is 16.5. The Labute approximate surface area is 155 Å². The maximum absolute atomic E-state index is 5.91. The Morgan fingerprint density at radius 3 is 2.12 bits per heavy atom. The monoisotopic (exact) mass is 344 g/mol. The van der Waals surface area contributed by atoms with Crippen LogP contribution in [0.25, 0.3) is 12.2 Å². The second-order valence-electron chi connectivity index (χ2n) is 6.36. The lowest BCUT2D eigenvalue weighted by molar-refractivity contribution is 0.284. The van der Waals surface area contributed by atoms with Crippen LogP contribution >= 0.6 is 0 Å². The normalized spacial score (nSPS) is 10.9. The van der Waals surface area contributed by atoms with Gasteiger partial charge in [0.05, 0.1) is 7.11 Å². The first-order valence-corrected chi connectivity index (χ1v) is 8.76. The zero-order valence-corrected chi connectivity index (χ0v) is 15.5. The van der Waals surface area contributed by atoms with Crippen molar-refractivity contribution in [2.45, 2.75) is 20.5 Å². The van der Waals surface area contributed by atoms with Crippen LogP contribution in [0, 0.1) is 13.8 Å². The smallest absolute Gasteiger partial charge is 0.161 e. The van der Waals surface area contributed by atoms with Crippen molar-refractivity contribution >= 4 is 12.2 Å². The van der Waals surface area contributed by atoms with E-state index in [0.29, 0.717) is 6.61 Å². The van der Waals surface area contributed by atoms with Crippen LogP contribution < -0.4 is 9.47 Å². The lowest BCUT2D eigenvalue weighted by Gasteiger charge is -2.11. The summed E-state index contributed by atoms with van der Waals surface area (Å²) < 4.78 is 11.4. The third kappa shape index (κ3) is 4.54. The van der Waals surface area contributed by atoms with E-state index >= 15 is 0 Å². The first kappa shape index (κ1) is 17.8. The van der Waals surface area contributed by atoms with E-state index in [2.05, 4.69) is 44.2 Å². The zero-order valence-electron chi connectivity index (χ0n) is 15.5. The molecule has 2 nitrogen and oxygen atoms in total. The van der Waals surface area contributed by atoms with Gasteiger partial charge in [0.2, 0.25) is 0 Å². The molecule has 132 valence electrons. The predicted octanol–water partition coefficient (Wildman–Crippen LogP) is 6.06. The van der Waals surface area contributed by atoms with Gasteiger partial charge >= 0.3 is 0 Å². The van der Waals surface area contributed by atoms with Gasteiger partial charge in [-0.1, -0.05) is 66.7 Å². The summed E-state index contributed by atoms with van der Waals surface area (Å²) in [6, 6.07) is 22.6. The molecular formula is C24H24O2. The predicted molar refractivity (Wildman–Crippen MR) is 109 cm³/mol. The molecule has 0 unspecified atom stereocenters. The molecule has 2 heteroatoms. The lowest BCUT2D eigenvalue weighted by atomic mass is 10.1. The van der Waals surface area contributed by atoms with Crippen LogP contribution in [0.4, 0.5) is 0 Å². The van der Waals surface area contributed by atoms with Crippen molar-refractivity contribution in [1.29, 1.82) is 0 Å². The molecule has 0 saturated heterocycles. The highest BCUT2D eigenvalue weighted by Gasteiger charge is 2.05. The van der Waals surface area contributed by atoms with Crippen molar-refractivity contribution < 1.29 is 9.47 Å². The van der Waals surface area contributed by atoms with E-state index in [1.807, 2.05) is 48.5 Å². The van der Waals surface area contributed by atoms with Crippen molar-refractivity contribution in [2.75, 3.05) is 7.11 Å². The zero-order chi connectivity index (χ0) is 18.4. The van der Waals surface area contributed by atoms with Crippen LogP contribution in [0.2, 0.25) is 0 Å². The number of hydrogen-bond donors (Lipinski definition) is 0. The SMILES string of the molecule is COc1cc(/C=C/c2ccc(C)c(C)c2)ccc1OCc1ccccc1. The van der Waals surface area contributed by atoms with Crippen molar-refractivity contribution in [2.24, 2.45) is 0 Å². The lowest BCUT2D eigenvalue weighted by Crippen LogP contribution is -1.97. The Balaban J connectivity index is 1.73. The van der Waals surface area contributed by atoms with Gasteiger partial charge in [-0.3, -0.25) is 0 Å². The maximum atomic E-state index is 5.91. The minimum atomic E-state index is 0.523. The number of hydrogen-bond acceptors (Lipinski definition) is 2. The number of aryl methyl sites for hydroxylation is 2. The third-order valence-electron chi connectivity index (χ3n) is 4.42. The van der Waals surface area contributed by atoms with E-state index < -0.39 is 0 Å². The van der Waals surface area contributed by atoms with Gasteiger partial charge in [0.15, 0.2) is 11.5 Å². The summed E-state index contributed by atoms with van der Waals surface area (Å²) in [4.78, 5) is 0. The van der Waals surface area contributed by atoms with Crippen molar-refractivity contribution in [1.82, 2.24) is 0 Å². The molecule has 0 aromatic heterocycles. The Bertz CT molecular complexity index is 895. The maximum Gasteiger partial charge on any atom is 0.161 e. The average molecular weight is 344 g/mol. The molecule has 0 amide bonds. The Hall–Kier alpha value is -3.00. The van der Waals surface area contributed by atoms with Crippen LogP contribution in [-0.2, 0) is 6.61 Å². The fraction of sp³-hybridized carbons (Fsp3) is 0.167. The minimum Gasteiger partial charge on any atom is -0.493 e. The third-order valence-corrected chi connectivity index (χ3v) is 4.42. The number of methoxy groups -OCH3 is 1. The minimum absolute atomic E-state index is 0.523. The van der Waals surface area contributed by atoms with Crippen LogP contribution in [-0.4, -0.2) is 7.11 Å². The van der Waals surface area contributed by atoms with E-state index in [0.717, 1.165) is 22.6 Å². The molecule has 3 aromatic rings. The molecule has 0 radical (unpaired) electrons. The van der Waals surface area contributed by atoms with Crippen LogP contribution in [0.5, 0.6) is 11.5 Å². The molecule has 0 saturated carbocycles. The van der Waals surface area contributed by atoms with E-state index in [1.165, 1.54) is 16.7 Å². The molecule has 0 aliphatic rings. The molecule has 0 heterocycles. The van der Waals surface area contributed by atoms with Crippen LogP contribution in [0.3, 0.4) is 0 Å². The number of ether oxygens (including phenoxy) is 2. The van der Waals surface area contributed by atoms with Gasteiger partial charge in [-0.25, -0.2) is 0 Å². The van der Waals surface area contributed by atoms with Crippen molar-refractivity contribution in [3.05, 3.63) is 94.5 Å². The summed E-state index contributed by atoms with van der Waals surface area (Å²) in [5.41, 5.74) is 6.01. The van der Waals surface area contributed by atoms with Crippen molar-refractivity contribution in [3.8, 4) is 11.5 Å². The van der Waals surface area contributed by atoms with E-state index in [4.69, 9.17) is 9.47 Å². The fourth-order valence-corrected chi connectivity index (χ4v) is 2.70. The summed E-state index contributed by atoms with van der Waals surface area (Å²) in [6.07, 6.45) is 4.21. The molecule has 3 aromatic carbocycles. The highest BCUT2D eigenvalue weighted by Crippen LogP contribution is 2.29. The standard InChI is InChI=1S/C24H24O2/c1-18-9-10-20(15-19(18)2)11-12-21-13-14-23(24(16-21)25-3)26-17-22-7-5-4-6-8-22/h4-16H,17H2,1-3H3/b12-11+. The van der Waals surface area contributed by atoms with Gasteiger partial charge in [-0.15, -0.1) is 0 Å². The van der Waals surface area contributed by atoms with E-state index in [1.54, 1.807) is 7.11 Å². The second-order valence-corrected chi connectivity index (χ2v) is 6.36. The highest BCUT2D eigenvalue weighted by molar-refractivity contribution is 5.71. The molecule has 0 fully saturated rings. The summed E-state index contributed by atoms with van der Waals surface area (Å²) in [6.45, 7) is 4.78. The molecule has 0 aliphatic carbocycles. The topological polar surface area (TPSA) is 18.5 Å². The fourth-order valence-electron chi connectivity index (χ4n) is 2.70. The molecule has 0 N–H and O–H groups in total. The summed E-state index contributed by atoms with van der Waals surface area (Å²) in [5, 5.41) is 0. The first-order valence-electron chi connectivity index (χ1n) is 8.76. The van der Waals surface area contributed by atoms with E-state index in [-0.39, 0.29) is 0 Å². The molecular weight excluding hydrogens is 320 g/mol.